The molecule has 0 spiro atoms. The standard InChI is InChI=1S/C7H8O.C3H6O.C3H8/c8-6-7-4-2-1-3-5-7;1-3(2)4;1-3-2/h1-5,8H,6H2;1-2H3;3H2,1-2H3. The van der Waals surface area contributed by atoms with E-state index in [2.05, 4.69) is 13.8 Å². The predicted molar refractivity (Wildman–Crippen MR) is 64.7 cm³/mol. The van der Waals surface area contributed by atoms with E-state index in [0.717, 1.165) is 5.56 Å². The van der Waals surface area contributed by atoms with Crippen LogP contribution in [-0.2, 0) is 11.4 Å². The number of hydrogen-bond donors (Lipinski definition) is 1. The zero-order chi connectivity index (χ0) is 12.1. The van der Waals surface area contributed by atoms with Crippen molar-refractivity contribution in [1.29, 1.82) is 0 Å². The molecule has 2 heteroatoms. The molecule has 86 valence electrons. The van der Waals surface area contributed by atoms with E-state index < -0.39 is 0 Å². The molecule has 0 saturated heterocycles. The summed E-state index contributed by atoms with van der Waals surface area (Å²) in [7, 11) is 0. The van der Waals surface area contributed by atoms with Crippen molar-refractivity contribution in [2.45, 2.75) is 40.7 Å². The van der Waals surface area contributed by atoms with Gasteiger partial charge in [0.25, 0.3) is 0 Å². The quantitative estimate of drug-likeness (QED) is 0.773. The number of aliphatic hydroxyl groups is 1. The minimum atomic E-state index is 0.140. The Balaban J connectivity index is 0. The van der Waals surface area contributed by atoms with Crippen LogP contribution in [0.4, 0.5) is 0 Å². The monoisotopic (exact) mass is 210 g/mol. The normalized spacial score (nSPS) is 7.80. The molecule has 0 atom stereocenters. The fraction of sp³-hybridized carbons (Fsp3) is 0.462. The third-order valence-corrected chi connectivity index (χ3v) is 1.03. The molecule has 0 aliphatic carbocycles. The van der Waals surface area contributed by atoms with Gasteiger partial charge in [-0.05, 0) is 19.4 Å². The van der Waals surface area contributed by atoms with Crippen LogP contribution >= 0.6 is 0 Å². The van der Waals surface area contributed by atoms with Gasteiger partial charge in [0, 0.05) is 0 Å². The third-order valence-electron chi connectivity index (χ3n) is 1.03. The van der Waals surface area contributed by atoms with Gasteiger partial charge in [0.1, 0.15) is 5.78 Å². The maximum Gasteiger partial charge on any atom is 0.126 e. The average molecular weight is 210 g/mol. The third kappa shape index (κ3) is 19.3. The van der Waals surface area contributed by atoms with E-state index in [4.69, 9.17) is 5.11 Å². The number of benzene rings is 1. The molecule has 0 heterocycles. The Labute approximate surface area is 93.0 Å². The summed E-state index contributed by atoms with van der Waals surface area (Å²) in [5.74, 6) is 0.167. The fourth-order valence-corrected chi connectivity index (χ4v) is 0.583. The maximum absolute atomic E-state index is 9.44. The Morgan fingerprint density at radius 1 is 1.13 bits per heavy atom. The van der Waals surface area contributed by atoms with Gasteiger partial charge in [-0.15, -0.1) is 0 Å². The number of aliphatic hydroxyl groups excluding tert-OH is 1. The van der Waals surface area contributed by atoms with Crippen molar-refractivity contribution in [3.63, 3.8) is 0 Å². The second kappa shape index (κ2) is 12.8. The molecule has 1 aromatic rings. The summed E-state index contributed by atoms with van der Waals surface area (Å²) in [5, 5.41) is 8.54. The zero-order valence-electron chi connectivity index (χ0n) is 10.2. The summed E-state index contributed by atoms with van der Waals surface area (Å²) < 4.78 is 0. The molecular formula is C13H22O2. The molecular weight excluding hydrogens is 188 g/mol. The first-order chi connectivity index (χ1) is 7.08. The molecule has 2 nitrogen and oxygen atoms in total. The van der Waals surface area contributed by atoms with Crippen LogP contribution in [0.2, 0.25) is 0 Å². The fourth-order valence-electron chi connectivity index (χ4n) is 0.583. The van der Waals surface area contributed by atoms with E-state index in [-0.39, 0.29) is 12.4 Å². The Bertz CT molecular complexity index is 226. The molecule has 1 aromatic carbocycles. The van der Waals surface area contributed by atoms with Gasteiger partial charge in [-0.2, -0.15) is 0 Å². The van der Waals surface area contributed by atoms with Crippen molar-refractivity contribution in [1.82, 2.24) is 0 Å². The van der Waals surface area contributed by atoms with Crippen LogP contribution in [0.3, 0.4) is 0 Å². The second-order valence-electron chi connectivity index (χ2n) is 3.26. The maximum atomic E-state index is 9.44. The number of carbonyl (C=O) groups is 1. The smallest absolute Gasteiger partial charge is 0.126 e. The van der Waals surface area contributed by atoms with E-state index in [1.807, 2.05) is 30.3 Å². The van der Waals surface area contributed by atoms with Gasteiger partial charge in [-0.1, -0.05) is 50.6 Å². The van der Waals surface area contributed by atoms with Crippen LogP contribution in [0, 0.1) is 0 Å². The number of rotatable bonds is 1. The predicted octanol–water partition coefficient (Wildman–Crippen LogP) is 3.19. The highest BCUT2D eigenvalue weighted by Crippen LogP contribution is 1.95. The molecule has 0 radical (unpaired) electrons. The minimum Gasteiger partial charge on any atom is -0.392 e. The Morgan fingerprint density at radius 3 is 1.67 bits per heavy atom. The molecule has 0 unspecified atom stereocenters. The van der Waals surface area contributed by atoms with Crippen LogP contribution in [0.1, 0.15) is 39.7 Å². The highest BCUT2D eigenvalue weighted by atomic mass is 16.3. The molecule has 1 N–H and O–H groups in total. The van der Waals surface area contributed by atoms with Crippen LogP contribution in [-0.4, -0.2) is 10.9 Å². The largest absolute Gasteiger partial charge is 0.392 e. The average Bonchev–Trinajstić information content (AvgIpc) is 2.19. The Kier molecular flexibility index (Phi) is 14.0. The molecule has 0 saturated carbocycles. The molecule has 0 amide bonds. The zero-order valence-corrected chi connectivity index (χ0v) is 10.2. The number of hydrogen-bond acceptors (Lipinski definition) is 2. The first-order valence-corrected chi connectivity index (χ1v) is 5.20. The summed E-state index contributed by atoms with van der Waals surface area (Å²) in [6, 6.07) is 9.52. The van der Waals surface area contributed by atoms with Crippen molar-refractivity contribution in [2.75, 3.05) is 0 Å². The molecule has 15 heavy (non-hydrogen) atoms. The van der Waals surface area contributed by atoms with Gasteiger partial charge < -0.3 is 9.90 Å². The first-order valence-electron chi connectivity index (χ1n) is 5.20. The second-order valence-corrected chi connectivity index (χ2v) is 3.26. The summed E-state index contributed by atoms with van der Waals surface area (Å²) in [6.07, 6.45) is 1.25. The molecule has 0 bridgehead atoms. The van der Waals surface area contributed by atoms with Crippen LogP contribution in [0.5, 0.6) is 0 Å². The molecule has 0 aliphatic rings. The molecule has 1 rings (SSSR count). The van der Waals surface area contributed by atoms with Crippen molar-refractivity contribution in [2.24, 2.45) is 0 Å². The topological polar surface area (TPSA) is 37.3 Å². The van der Waals surface area contributed by atoms with Crippen LogP contribution < -0.4 is 0 Å². The van der Waals surface area contributed by atoms with Crippen molar-refractivity contribution < 1.29 is 9.90 Å². The Morgan fingerprint density at radius 2 is 1.47 bits per heavy atom. The summed E-state index contributed by atoms with van der Waals surface area (Å²) in [4.78, 5) is 9.44. The number of Topliss-reactive ketones (excluding diaryl/α,β-unsaturated/α-hetero) is 1. The van der Waals surface area contributed by atoms with Gasteiger partial charge in [0.15, 0.2) is 0 Å². The summed E-state index contributed by atoms with van der Waals surface area (Å²) >= 11 is 0. The van der Waals surface area contributed by atoms with Crippen molar-refractivity contribution in [3.05, 3.63) is 35.9 Å². The van der Waals surface area contributed by atoms with Gasteiger partial charge in [0.2, 0.25) is 0 Å². The number of ketones is 1. The summed E-state index contributed by atoms with van der Waals surface area (Å²) in [6.45, 7) is 7.45. The van der Waals surface area contributed by atoms with Gasteiger partial charge in [-0.25, -0.2) is 0 Å². The molecule has 0 fully saturated rings. The lowest BCUT2D eigenvalue weighted by atomic mass is 10.2. The SMILES string of the molecule is CC(C)=O.CCC.OCc1ccccc1. The molecule has 0 aliphatic heterocycles. The number of carbonyl (C=O) groups excluding carboxylic acids is 1. The lowest BCUT2D eigenvalue weighted by molar-refractivity contribution is -0.114. The molecule has 0 aromatic heterocycles. The van der Waals surface area contributed by atoms with Crippen LogP contribution in [0.15, 0.2) is 30.3 Å². The van der Waals surface area contributed by atoms with Gasteiger partial charge in [0.05, 0.1) is 6.61 Å². The van der Waals surface area contributed by atoms with Crippen LogP contribution in [0.25, 0.3) is 0 Å². The highest BCUT2D eigenvalue weighted by molar-refractivity contribution is 5.72. The lowest BCUT2D eigenvalue weighted by Crippen LogP contribution is -1.77. The van der Waals surface area contributed by atoms with Gasteiger partial charge >= 0.3 is 0 Å². The Hall–Kier alpha value is -1.15. The van der Waals surface area contributed by atoms with Gasteiger partial charge in [-0.3, -0.25) is 0 Å². The van der Waals surface area contributed by atoms with Crippen molar-refractivity contribution >= 4 is 5.78 Å². The van der Waals surface area contributed by atoms with E-state index in [0.29, 0.717) is 0 Å². The lowest BCUT2D eigenvalue weighted by Gasteiger charge is -1.89. The summed E-state index contributed by atoms with van der Waals surface area (Å²) in [5.41, 5.74) is 0.965. The minimum absolute atomic E-state index is 0.140. The first kappa shape index (κ1) is 16.3. The van der Waals surface area contributed by atoms with E-state index >= 15 is 0 Å². The van der Waals surface area contributed by atoms with E-state index in [1.54, 1.807) is 0 Å². The van der Waals surface area contributed by atoms with E-state index in [9.17, 15) is 4.79 Å². The van der Waals surface area contributed by atoms with Crippen molar-refractivity contribution in [3.8, 4) is 0 Å². The van der Waals surface area contributed by atoms with E-state index in [1.165, 1.54) is 20.3 Å². The highest BCUT2D eigenvalue weighted by Gasteiger charge is 1.81.